The van der Waals surface area contributed by atoms with Crippen LogP contribution in [0.2, 0.25) is 0 Å². The van der Waals surface area contributed by atoms with Gasteiger partial charge in [0.05, 0.1) is 6.04 Å². The van der Waals surface area contributed by atoms with Gasteiger partial charge in [0.25, 0.3) is 5.91 Å². The average Bonchev–Trinajstić information content (AvgIpc) is 3.03. The highest BCUT2D eigenvalue weighted by Crippen LogP contribution is 2.58. The topological polar surface area (TPSA) is 99.5 Å². The van der Waals surface area contributed by atoms with Gasteiger partial charge in [0, 0.05) is 13.0 Å². The van der Waals surface area contributed by atoms with Crippen LogP contribution in [0.5, 0.6) is 0 Å². The number of rotatable bonds is 5. The van der Waals surface area contributed by atoms with Crippen molar-refractivity contribution in [2.45, 2.75) is 18.5 Å². The van der Waals surface area contributed by atoms with Gasteiger partial charge in [-0.05, 0) is 43.5 Å². The lowest BCUT2D eigenvalue weighted by Crippen LogP contribution is -2.60. The van der Waals surface area contributed by atoms with Crippen LogP contribution in [0.15, 0.2) is 42.1 Å². The maximum atomic E-state index is 12.8. The van der Waals surface area contributed by atoms with Crippen molar-refractivity contribution >= 4 is 11.8 Å². The summed E-state index contributed by atoms with van der Waals surface area (Å²) in [4.78, 5) is 25.1. The second-order valence-electron chi connectivity index (χ2n) is 7.41. The second-order valence-corrected chi connectivity index (χ2v) is 7.41. The number of hydrogen-bond donors (Lipinski definition) is 4. The molecule has 0 spiro atoms. The molecule has 2 fully saturated rings. The summed E-state index contributed by atoms with van der Waals surface area (Å²) in [6, 6.07) is 9.81. The number of nitrogens with two attached hydrogens (primary N) is 1. The second kappa shape index (κ2) is 6.10. The van der Waals surface area contributed by atoms with Crippen LogP contribution >= 0.6 is 0 Å². The van der Waals surface area contributed by atoms with Crippen LogP contribution in [0.1, 0.15) is 18.5 Å². The molecule has 138 valence electrons. The number of carbonyl (C=O) groups is 2. The van der Waals surface area contributed by atoms with Crippen LogP contribution < -0.4 is 21.8 Å². The minimum atomic E-state index is -1.01. The number of carbonyl (C=O) groups excluding carboxylic acids is 2. The van der Waals surface area contributed by atoms with Crippen molar-refractivity contribution in [3.63, 3.8) is 0 Å². The predicted octanol–water partition coefficient (Wildman–Crippen LogP) is -0.113. The summed E-state index contributed by atoms with van der Waals surface area (Å²) in [5.74, 6) is 0.278. The Balaban J connectivity index is 1.76. The normalized spacial score (nSPS) is 33.8. The van der Waals surface area contributed by atoms with Gasteiger partial charge in [-0.15, -0.1) is 0 Å². The third-order valence-corrected chi connectivity index (χ3v) is 6.14. The number of likely N-dealkylation sites (N-methyl/N-ethyl adjacent to an activating group) is 1. The van der Waals surface area contributed by atoms with Crippen molar-refractivity contribution in [3.8, 4) is 0 Å². The summed E-state index contributed by atoms with van der Waals surface area (Å²) in [7, 11) is 1.58. The zero-order chi connectivity index (χ0) is 18.5. The van der Waals surface area contributed by atoms with Crippen LogP contribution in [-0.2, 0) is 9.59 Å². The van der Waals surface area contributed by atoms with Crippen LogP contribution in [-0.4, -0.2) is 42.5 Å². The first-order valence-corrected chi connectivity index (χ1v) is 9.07. The Bertz CT molecular complexity index is 754. The Labute approximate surface area is 153 Å². The van der Waals surface area contributed by atoms with Gasteiger partial charge in [0.15, 0.2) is 0 Å². The molecule has 0 bridgehead atoms. The SMILES string of the molecule is CNC(=O)C1=CC(C(N)=O)(C2[C@H]3CNC[C@@H]23)N([C@@H](C)c2ccccc2)N1. The molecule has 1 saturated carbocycles. The first-order chi connectivity index (χ1) is 12.5. The van der Waals surface area contributed by atoms with E-state index in [-0.39, 0.29) is 17.9 Å². The molecule has 2 amide bonds. The lowest BCUT2D eigenvalue weighted by molar-refractivity contribution is -0.132. The standard InChI is InChI=1S/C19H25N5O2/c1-11(12-6-4-3-5-7-12)24-19(18(20)26,8-15(23-24)17(25)21-2)16-13-9-22-10-14(13)16/h3-8,11,13-14,16,22-23H,9-10H2,1-2H3,(H2,20,26)(H,21,25)/t11-,13-,14+,16?,19?/m0/s1. The number of amides is 2. The van der Waals surface area contributed by atoms with Crippen molar-refractivity contribution in [3.05, 3.63) is 47.7 Å². The molecule has 5 atom stereocenters. The number of hydrazine groups is 1. The Hall–Kier alpha value is -2.38. The van der Waals surface area contributed by atoms with Crippen LogP contribution in [0.25, 0.3) is 0 Å². The summed E-state index contributed by atoms with van der Waals surface area (Å²) in [6.45, 7) is 3.80. The fourth-order valence-corrected chi connectivity index (χ4v) is 4.78. The van der Waals surface area contributed by atoms with E-state index in [1.807, 2.05) is 42.3 Å². The van der Waals surface area contributed by atoms with Gasteiger partial charge in [-0.25, -0.2) is 0 Å². The highest BCUT2D eigenvalue weighted by molar-refractivity contribution is 5.97. The summed E-state index contributed by atoms with van der Waals surface area (Å²) in [5.41, 5.74) is 9.59. The largest absolute Gasteiger partial charge is 0.368 e. The van der Waals surface area contributed by atoms with Crippen LogP contribution in [0, 0.1) is 17.8 Å². The van der Waals surface area contributed by atoms with Gasteiger partial charge in [-0.1, -0.05) is 30.3 Å². The molecule has 4 rings (SSSR count). The van der Waals surface area contributed by atoms with E-state index in [0.717, 1.165) is 18.7 Å². The Morgan fingerprint density at radius 2 is 1.92 bits per heavy atom. The predicted molar refractivity (Wildman–Crippen MR) is 97.2 cm³/mol. The molecule has 7 nitrogen and oxygen atoms in total. The Morgan fingerprint density at radius 1 is 1.27 bits per heavy atom. The van der Waals surface area contributed by atoms with Crippen molar-refractivity contribution in [1.82, 2.24) is 21.1 Å². The minimum Gasteiger partial charge on any atom is -0.368 e. The molecule has 2 unspecified atom stereocenters. The number of benzene rings is 1. The molecular weight excluding hydrogens is 330 g/mol. The average molecular weight is 355 g/mol. The number of nitrogens with one attached hydrogen (secondary N) is 3. The van der Waals surface area contributed by atoms with E-state index in [1.54, 1.807) is 13.1 Å². The summed E-state index contributed by atoms with van der Waals surface area (Å²) >= 11 is 0. The molecule has 3 aliphatic rings. The molecule has 1 aromatic carbocycles. The third-order valence-electron chi connectivity index (χ3n) is 6.14. The maximum absolute atomic E-state index is 12.8. The van der Waals surface area contributed by atoms with Crippen LogP contribution in [0.4, 0.5) is 0 Å². The van der Waals surface area contributed by atoms with Gasteiger partial charge >= 0.3 is 0 Å². The highest BCUT2D eigenvalue weighted by Gasteiger charge is 2.68. The van der Waals surface area contributed by atoms with Crippen molar-refractivity contribution in [2.24, 2.45) is 23.5 Å². The molecule has 1 saturated heterocycles. The monoisotopic (exact) mass is 355 g/mol. The summed E-state index contributed by atoms with van der Waals surface area (Å²) < 4.78 is 0. The first-order valence-electron chi connectivity index (χ1n) is 9.07. The van der Waals surface area contributed by atoms with Crippen molar-refractivity contribution in [2.75, 3.05) is 20.1 Å². The maximum Gasteiger partial charge on any atom is 0.268 e. The number of hydrogen-bond acceptors (Lipinski definition) is 5. The fraction of sp³-hybridized carbons (Fsp3) is 0.474. The van der Waals surface area contributed by atoms with E-state index in [4.69, 9.17) is 5.73 Å². The van der Waals surface area contributed by atoms with Gasteiger partial charge in [0.1, 0.15) is 11.2 Å². The van der Waals surface area contributed by atoms with E-state index in [2.05, 4.69) is 16.1 Å². The minimum absolute atomic E-state index is 0.113. The van der Waals surface area contributed by atoms with E-state index in [0.29, 0.717) is 17.5 Å². The number of piperidine rings is 1. The van der Waals surface area contributed by atoms with Crippen molar-refractivity contribution < 1.29 is 9.59 Å². The Kier molecular flexibility index (Phi) is 4.00. The lowest BCUT2D eigenvalue weighted by atomic mass is 9.86. The van der Waals surface area contributed by atoms with Crippen LogP contribution in [0.3, 0.4) is 0 Å². The van der Waals surface area contributed by atoms with Crippen molar-refractivity contribution in [1.29, 1.82) is 0 Å². The smallest absolute Gasteiger partial charge is 0.268 e. The van der Waals surface area contributed by atoms with E-state index in [1.165, 1.54) is 0 Å². The molecule has 1 aliphatic carbocycles. The number of primary amides is 1. The quantitative estimate of drug-likeness (QED) is 0.591. The molecule has 2 heterocycles. The third kappa shape index (κ3) is 2.34. The highest BCUT2D eigenvalue weighted by atomic mass is 16.2. The van der Waals surface area contributed by atoms with Gasteiger partial charge < -0.3 is 21.8 Å². The molecule has 1 aromatic rings. The molecular formula is C19H25N5O2. The zero-order valence-electron chi connectivity index (χ0n) is 15.0. The molecule has 5 N–H and O–H groups in total. The van der Waals surface area contributed by atoms with Gasteiger partial charge in [-0.3, -0.25) is 9.59 Å². The summed E-state index contributed by atoms with van der Waals surface area (Å²) in [6.07, 6.45) is 1.75. The molecule has 7 heteroatoms. The van der Waals surface area contributed by atoms with E-state index >= 15 is 0 Å². The van der Waals surface area contributed by atoms with E-state index < -0.39 is 11.4 Å². The fourth-order valence-electron chi connectivity index (χ4n) is 4.78. The molecule has 26 heavy (non-hydrogen) atoms. The van der Waals surface area contributed by atoms with Gasteiger partial charge in [0.2, 0.25) is 5.91 Å². The number of nitrogens with zero attached hydrogens (tertiary/aromatic N) is 1. The Morgan fingerprint density at radius 3 is 2.50 bits per heavy atom. The molecule has 2 aliphatic heterocycles. The lowest BCUT2D eigenvalue weighted by Gasteiger charge is -2.40. The molecule has 0 radical (unpaired) electrons. The zero-order valence-corrected chi connectivity index (χ0v) is 15.0. The number of fused-ring (bicyclic) bond motifs is 1. The summed E-state index contributed by atoms with van der Waals surface area (Å²) in [5, 5.41) is 7.88. The van der Waals surface area contributed by atoms with Gasteiger partial charge in [-0.2, -0.15) is 5.01 Å². The first kappa shape index (κ1) is 17.1. The molecule has 0 aromatic heterocycles. The van der Waals surface area contributed by atoms with E-state index in [9.17, 15) is 9.59 Å².